The highest BCUT2D eigenvalue weighted by Gasteiger charge is 2.26. The molecule has 3 heterocycles. The number of nitrogens with zero attached hydrogens (tertiary/aromatic N) is 3. The van der Waals surface area contributed by atoms with Gasteiger partial charge in [0.1, 0.15) is 11.4 Å². The first-order valence-corrected chi connectivity index (χ1v) is 10.8. The van der Waals surface area contributed by atoms with Crippen molar-refractivity contribution in [3.05, 3.63) is 47.3 Å². The molecule has 1 fully saturated rings. The average molecular weight is 424 g/mol. The summed E-state index contributed by atoms with van der Waals surface area (Å²) < 4.78 is 5.78. The molecule has 164 valence electrons. The second kappa shape index (κ2) is 8.93. The Kier molecular flexibility index (Phi) is 6.08. The van der Waals surface area contributed by atoms with E-state index in [9.17, 15) is 9.59 Å². The molecule has 2 aliphatic heterocycles. The van der Waals surface area contributed by atoms with Crippen LogP contribution in [0.25, 0.3) is 0 Å². The summed E-state index contributed by atoms with van der Waals surface area (Å²) in [6, 6.07) is 9.79. The number of piperazine rings is 1. The van der Waals surface area contributed by atoms with Crippen molar-refractivity contribution >= 4 is 23.2 Å². The van der Waals surface area contributed by atoms with Gasteiger partial charge >= 0.3 is 0 Å². The molecule has 8 nitrogen and oxygen atoms in total. The van der Waals surface area contributed by atoms with Crippen LogP contribution in [0.3, 0.4) is 0 Å². The summed E-state index contributed by atoms with van der Waals surface area (Å²) in [6.07, 6.45) is 0.246. The minimum absolute atomic E-state index is 0.0767. The lowest BCUT2D eigenvalue weighted by Gasteiger charge is -2.36. The number of amides is 2. The van der Waals surface area contributed by atoms with E-state index in [1.165, 1.54) is 0 Å². The molecule has 0 aliphatic carbocycles. The number of carbonyl (C=O) groups is 2. The predicted molar refractivity (Wildman–Crippen MR) is 120 cm³/mol. The van der Waals surface area contributed by atoms with E-state index < -0.39 is 6.10 Å². The summed E-state index contributed by atoms with van der Waals surface area (Å²) in [4.78, 5) is 33.0. The number of nitrogens with one attached hydrogen (secondary N) is 2. The summed E-state index contributed by atoms with van der Waals surface area (Å²) >= 11 is 0. The fraction of sp³-hybridized carbons (Fsp3) is 0.435. The molecule has 31 heavy (non-hydrogen) atoms. The third-order valence-electron chi connectivity index (χ3n) is 5.87. The second-order valence-electron chi connectivity index (χ2n) is 7.98. The third kappa shape index (κ3) is 4.49. The number of carbonyl (C=O) groups excluding carboxylic acids is 2. The Labute approximate surface area is 182 Å². The zero-order chi connectivity index (χ0) is 22.0. The number of ether oxygens (including phenoxy) is 1. The minimum atomic E-state index is -0.408. The van der Waals surface area contributed by atoms with Gasteiger partial charge in [-0.1, -0.05) is 13.0 Å². The van der Waals surface area contributed by atoms with E-state index in [1.807, 2.05) is 32.0 Å². The van der Waals surface area contributed by atoms with Gasteiger partial charge in [-0.05, 0) is 43.2 Å². The van der Waals surface area contributed by atoms with Crippen LogP contribution < -0.4 is 20.3 Å². The van der Waals surface area contributed by atoms with E-state index in [-0.39, 0.29) is 11.8 Å². The zero-order valence-electron chi connectivity index (χ0n) is 18.3. The molecule has 0 spiro atoms. The highest BCUT2D eigenvalue weighted by Crippen LogP contribution is 2.31. The first-order valence-electron chi connectivity index (χ1n) is 10.8. The average Bonchev–Trinajstić information content (AvgIpc) is 2.78. The SMILES string of the molecule is CCC1Oc2ccc(CN3CCN(c4ccc(C(=O)NC)nc4C)CC3)cc2NC1=O. The van der Waals surface area contributed by atoms with Crippen LogP contribution >= 0.6 is 0 Å². The number of hydrogen-bond donors (Lipinski definition) is 2. The Bertz CT molecular complexity index is 985. The second-order valence-corrected chi connectivity index (χ2v) is 7.98. The third-order valence-corrected chi connectivity index (χ3v) is 5.87. The summed E-state index contributed by atoms with van der Waals surface area (Å²) in [7, 11) is 1.61. The molecule has 2 N–H and O–H groups in total. The summed E-state index contributed by atoms with van der Waals surface area (Å²) in [6.45, 7) is 8.34. The lowest BCUT2D eigenvalue weighted by atomic mass is 10.1. The maximum Gasteiger partial charge on any atom is 0.269 e. The van der Waals surface area contributed by atoms with Gasteiger partial charge in [0.25, 0.3) is 11.8 Å². The van der Waals surface area contributed by atoms with Crippen LogP contribution in [0, 0.1) is 6.92 Å². The fourth-order valence-electron chi connectivity index (χ4n) is 4.11. The normalized spacial score (nSPS) is 18.7. The number of aromatic nitrogens is 1. The maximum absolute atomic E-state index is 12.1. The summed E-state index contributed by atoms with van der Waals surface area (Å²) in [5.74, 6) is 0.492. The number of benzene rings is 1. The van der Waals surface area contributed by atoms with Crippen LogP contribution in [0.4, 0.5) is 11.4 Å². The van der Waals surface area contributed by atoms with Crippen LogP contribution in [-0.4, -0.2) is 61.0 Å². The monoisotopic (exact) mass is 423 g/mol. The zero-order valence-corrected chi connectivity index (χ0v) is 18.3. The van der Waals surface area contributed by atoms with Crippen molar-refractivity contribution < 1.29 is 14.3 Å². The predicted octanol–water partition coefficient (Wildman–Crippen LogP) is 2.18. The minimum Gasteiger partial charge on any atom is -0.478 e. The number of hydrogen-bond acceptors (Lipinski definition) is 6. The van der Waals surface area contributed by atoms with Crippen LogP contribution in [0.15, 0.2) is 30.3 Å². The topological polar surface area (TPSA) is 86.8 Å². The molecular formula is C23H29N5O3. The van der Waals surface area contributed by atoms with Gasteiger partial charge in [0.2, 0.25) is 0 Å². The Morgan fingerprint density at radius 3 is 2.68 bits per heavy atom. The number of pyridine rings is 1. The van der Waals surface area contributed by atoms with Crippen LogP contribution in [0.2, 0.25) is 0 Å². The molecule has 1 aromatic carbocycles. The molecule has 0 radical (unpaired) electrons. The van der Waals surface area contributed by atoms with Crippen molar-refractivity contribution in [2.24, 2.45) is 0 Å². The Balaban J connectivity index is 1.36. The molecule has 2 aromatic rings. The lowest BCUT2D eigenvalue weighted by molar-refractivity contribution is -0.123. The number of rotatable bonds is 5. The Morgan fingerprint density at radius 2 is 2.00 bits per heavy atom. The van der Waals surface area contributed by atoms with Crippen LogP contribution in [0.1, 0.15) is 35.1 Å². The van der Waals surface area contributed by atoms with Crippen molar-refractivity contribution in [2.45, 2.75) is 32.9 Å². The molecule has 4 rings (SSSR count). The van der Waals surface area contributed by atoms with Gasteiger partial charge in [-0.25, -0.2) is 4.98 Å². The van der Waals surface area contributed by atoms with Crippen molar-refractivity contribution in [1.29, 1.82) is 0 Å². The number of fused-ring (bicyclic) bond motifs is 1. The Hall–Kier alpha value is -3.13. The molecule has 0 saturated carbocycles. The molecule has 8 heteroatoms. The Morgan fingerprint density at radius 1 is 1.23 bits per heavy atom. The number of anilines is 2. The van der Waals surface area contributed by atoms with Gasteiger partial charge in [-0.15, -0.1) is 0 Å². The molecule has 1 saturated heterocycles. The van der Waals surface area contributed by atoms with Gasteiger partial charge in [0.15, 0.2) is 6.10 Å². The van der Waals surface area contributed by atoms with Gasteiger partial charge in [-0.3, -0.25) is 14.5 Å². The maximum atomic E-state index is 12.1. The van der Waals surface area contributed by atoms with E-state index >= 15 is 0 Å². The van der Waals surface area contributed by atoms with Gasteiger partial charge < -0.3 is 20.3 Å². The van der Waals surface area contributed by atoms with Crippen molar-refractivity contribution in [2.75, 3.05) is 43.4 Å². The highest BCUT2D eigenvalue weighted by molar-refractivity contribution is 5.97. The van der Waals surface area contributed by atoms with E-state index in [0.29, 0.717) is 12.1 Å². The quantitative estimate of drug-likeness (QED) is 0.767. The highest BCUT2D eigenvalue weighted by atomic mass is 16.5. The van der Waals surface area contributed by atoms with Crippen LogP contribution in [0.5, 0.6) is 5.75 Å². The lowest BCUT2D eigenvalue weighted by Crippen LogP contribution is -2.46. The first-order chi connectivity index (χ1) is 15.0. The summed E-state index contributed by atoms with van der Waals surface area (Å²) in [5, 5.41) is 5.57. The first kappa shape index (κ1) is 21.1. The summed E-state index contributed by atoms with van der Waals surface area (Å²) in [5.41, 5.74) is 4.29. The van der Waals surface area contributed by atoms with E-state index in [2.05, 4.69) is 31.5 Å². The molecule has 1 atom stereocenters. The van der Waals surface area contributed by atoms with E-state index in [1.54, 1.807) is 13.1 Å². The molecule has 2 amide bonds. The molecular weight excluding hydrogens is 394 g/mol. The van der Waals surface area contributed by atoms with Crippen LogP contribution in [-0.2, 0) is 11.3 Å². The number of aryl methyl sites for hydroxylation is 1. The largest absolute Gasteiger partial charge is 0.478 e. The van der Waals surface area contributed by atoms with E-state index in [4.69, 9.17) is 4.74 Å². The smallest absolute Gasteiger partial charge is 0.269 e. The molecule has 0 bridgehead atoms. The molecule has 1 unspecified atom stereocenters. The van der Waals surface area contributed by atoms with Gasteiger partial charge in [-0.2, -0.15) is 0 Å². The van der Waals surface area contributed by atoms with Gasteiger partial charge in [0, 0.05) is 39.8 Å². The van der Waals surface area contributed by atoms with Crippen molar-refractivity contribution in [3.63, 3.8) is 0 Å². The van der Waals surface area contributed by atoms with E-state index in [0.717, 1.165) is 61.1 Å². The standard InChI is InChI=1S/C23H29N5O3/c1-4-20-23(30)26-18-13-16(5-8-21(18)31-20)14-27-9-11-28(12-10-27)19-7-6-17(22(29)24-3)25-15(19)2/h5-8,13,20H,4,9-12,14H2,1-3H3,(H,24,29)(H,26,30). The van der Waals surface area contributed by atoms with Crippen molar-refractivity contribution in [1.82, 2.24) is 15.2 Å². The van der Waals surface area contributed by atoms with Gasteiger partial charge in [0.05, 0.1) is 17.1 Å². The molecule has 2 aliphatic rings. The molecule has 1 aromatic heterocycles. The fourth-order valence-corrected chi connectivity index (χ4v) is 4.11. The van der Waals surface area contributed by atoms with Crippen molar-refractivity contribution in [3.8, 4) is 5.75 Å².